The summed E-state index contributed by atoms with van der Waals surface area (Å²) in [6, 6.07) is 8.78. The van der Waals surface area contributed by atoms with Crippen molar-refractivity contribution < 1.29 is 9.32 Å². The van der Waals surface area contributed by atoms with E-state index in [1.807, 2.05) is 0 Å². The molecule has 5 nitrogen and oxygen atoms in total. The molecule has 2 aliphatic rings. The Bertz CT molecular complexity index is 764. The number of hydrogen-bond acceptors (Lipinski definition) is 4. The summed E-state index contributed by atoms with van der Waals surface area (Å²) in [4.78, 5) is 12.4. The zero-order chi connectivity index (χ0) is 17.2. The van der Waals surface area contributed by atoms with Gasteiger partial charge in [0.05, 0.1) is 0 Å². The van der Waals surface area contributed by atoms with Gasteiger partial charge >= 0.3 is 0 Å². The van der Waals surface area contributed by atoms with E-state index in [0.29, 0.717) is 17.7 Å². The van der Waals surface area contributed by atoms with Gasteiger partial charge in [-0.3, -0.25) is 4.79 Å². The Kier molecular flexibility index (Phi) is 4.57. The van der Waals surface area contributed by atoms with Gasteiger partial charge in [0.2, 0.25) is 0 Å². The fourth-order valence-electron chi connectivity index (χ4n) is 3.46. The van der Waals surface area contributed by atoms with Crippen LogP contribution in [0.2, 0.25) is 0 Å². The van der Waals surface area contributed by atoms with Crippen LogP contribution in [0.25, 0.3) is 0 Å². The first-order chi connectivity index (χ1) is 12.2. The van der Waals surface area contributed by atoms with E-state index in [1.165, 1.54) is 24.0 Å². The molecule has 1 aromatic heterocycles. The van der Waals surface area contributed by atoms with Crippen LogP contribution in [-0.2, 0) is 19.4 Å². The molecule has 2 N–H and O–H groups in total. The van der Waals surface area contributed by atoms with E-state index >= 15 is 0 Å². The van der Waals surface area contributed by atoms with Crippen LogP contribution in [0.15, 0.2) is 28.8 Å². The number of nitrogens with one attached hydrogen (secondary N) is 2. The topological polar surface area (TPSA) is 67.2 Å². The number of carbonyl (C=O) groups excluding carboxylic acids is 1. The second-order valence-corrected chi connectivity index (χ2v) is 7.33. The molecule has 4 rings (SSSR count). The Morgan fingerprint density at radius 3 is 2.92 bits per heavy atom. The predicted molar refractivity (Wildman–Crippen MR) is 95.4 cm³/mol. The van der Waals surface area contributed by atoms with E-state index in [-0.39, 0.29) is 5.91 Å². The van der Waals surface area contributed by atoms with Gasteiger partial charge in [-0.2, -0.15) is 0 Å². The van der Waals surface area contributed by atoms with Crippen LogP contribution in [0.4, 0.5) is 0 Å². The number of aryl methyl sites for hydroxylation is 2. The van der Waals surface area contributed by atoms with Crippen LogP contribution in [0.5, 0.6) is 0 Å². The lowest BCUT2D eigenvalue weighted by Gasteiger charge is -2.23. The van der Waals surface area contributed by atoms with Crippen molar-refractivity contribution in [3.05, 3.63) is 52.4 Å². The van der Waals surface area contributed by atoms with Crippen molar-refractivity contribution in [1.29, 1.82) is 0 Å². The monoisotopic (exact) mass is 339 g/mol. The highest BCUT2D eigenvalue weighted by Gasteiger charge is 2.29. The Labute approximate surface area is 148 Å². The molecular weight excluding hydrogens is 314 g/mol. The maximum Gasteiger partial charge on any atom is 0.273 e. The molecule has 25 heavy (non-hydrogen) atoms. The first-order valence-corrected chi connectivity index (χ1v) is 9.24. The van der Waals surface area contributed by atoms with E-state index in [4.69, 9.17) is 4.52 Å². The molecule has 0 bridgehead atoms. The van der Waals surface area contributed by atoms with Crippen LogP contribution in [-0.4, -0.2) is 23.7 Å². The number of aromatic nitrogens is 1. The van der Waals surface area contributed by atoms with Gasteiger partial charge < -0.3 is 15.2 Å². The van der Waals surface area contributed by atoms with Crippen LogP contribution < -0.4 is 10.6 Å². The Morgan fingerprint density at radius 1 is 1.28 bits per heavy atom. The summed E-state index contributed by atoms with van der Waals surface area (Å²) in [5.41, 5.74) is 4.09. The standard InChI is InChI=1S/C20H25N3O2/c1-13-4-2-3-5-15(13)12-21-16-8-9-18-17(10-16)19(23-25-18)20(24)22-11-14-6-7-14/h2-5,14,16,21H,6-12H2,1H3,(H,22,24). The van der Waals surface area contributed by atoms with E-state index in [0.717, 1.165) is 43.7 Å². The molecule has 132 valence electrons. The second kappa shape index (κ2) is 7.00. The van der Waals surface area contributed by atoms with Gasteiger partial charge in [-0.1, -0.05) is 29.4 Å². The minimum Gasteiger partial charge on any atom is -0.360 e. The quantitative estimate of drug-likeness (QED) is 0.849. The number of hydrogen-bond donors (Lipinski definition) is 2. The number of nitrogens with zero attached hydrogens (tertiary/aromatic N) is 1. The Balaban J connectivity index is 1.39. The van der Waals surface area contributed by atoms with Crippen LogP contribution >= 0.6 is 0 Å². The van der Waals surface area contributed by atoms with E-state index in [1.54, 1.807) is 0 Å². The summed E-state index contributed by atoms with van der Waals surface area (Å²) < 4.78 is 5.42. The van der Waals surface area contributed by atoms with Gasteiger partial charge in [-0.05, 0) is 49.7 Å². The highest BCUT2D eigenvalue weighted by molar-refractivity contribution is 5.93. The minimum atomic E-state index is -0.0866. The van der Waals surface area contributed by atoms with Gasteiger partial charge in [0.25, 0.3) is 5.91 Å². The average Bonchev–Trinajstić information content (AvgIpc) is 3.36. The van der Waals surface area contributed by atoms with Crippen molar-refractivity contribution in [3.63, 3.8) is 0 Å². The number of amides is 1. The third-order valence-electron chi connectivity index (χ3n) is 5.35. The molecule has 1 unspecified atom stereocenters. The van der Waals surface area contributed by atoms with Crippen molar-refractivity contribution in [3.8, 4) is 0 Å². The zero-order valence-electron chi connectivity index (χ0n) is 14.7. The summed E-state index contributed by atoms with van der Waals surface area (Å²) in [7, 11) is 0. The third kappa shape index (κ3) is 3.76. The molecular formula is C20H25N3O2. The fraction of sp³-hybridized carbons (Fsp3) is 0.500. The van der Waals surface area contributed by atoms with Gasteiger partial charge in [-0.15, -0.1) is 0 Å². The van der Waals surface area contributed by atoms with Crippen LogP contribution in [0.3, 0.4) is 0 Å². The van der Waals surface area contributed by atoms with Crippen molar-refractivity contribution >= 4 is 5.91 Å². The van der Waals surface area contributed by atoms with Gasteiger partial charge in [-0.25, -0.2) is 0 Å². The maximum atomic E-state index is 12.4. The molecule has 1 amide bonds. The van der Waals surface area contributed by atoms with Crippen molar-refractivity contribution in [2.75, 3.05) is 6.54 Å². The highest BCUT2D eigenvalue weighted by Crippen LogP contribution is 2.28. The molecule has 0 aliphatic heterocycles. The number of benzene rings is 1. The smallest absolute Gasteiger partial charge is 0.273 e. The number of carbonyl (C=O) groups is 1. The van der Waals surface area contributed by atoms with Crippen molar-refractivity contribution in [2.24, 2.45) is 5.92 Å². The molecule has 5 heteroatoms. The van der Waals surface area contributed by atoms with Gasteiger partial charge in [0, 0.05) is 31.1 Å². The lowest BCUT2D eigenvalue weighted by atomic mass is 9.91. The first-order valence-electron chi connectivity index (χ1n) is 9.24. The average molecular weight is 339 g/mol. The first kappa shape index (κ1) is 16.3. The lowest BCUT2D eigenvalue weighted by molar-refractivity contribution is 0.0942. The largest absolute Gasteiger partial charge is 0.360 e. The molecule has 0 spiro atoms. The van der Waals surface area contributed by atoms with Gasteiger partial charge in [0.1, 0.15) is 5.76 Å². The number of fused-ring (bicyclic) bond motifs is 1. The second-order valence-electron chi connectivity index (χ2n) is 7.33. The predicted octanol–water partition coefficient (Wildman–Crippen LogP) is 2.77. The Hall–Kier alpha value is -2.14. The summed E-state index contributed by atoms with van der Waals surface area (Å²) >= 11 is 0. The Morgan fingerprint density at radius 2 is 2.12 bits per heavy atom. The zero-order valence-corrected chi connectivity index (χ0v) is 14.7. The van der Waals surface area contributed by atoms with E-state index in [9.17, 15) is 4.79 Å². The van der Waals surface area contributed by atoms with Crippen molar-refractivity contribution in [2.45, 2.75) is 51.6 Å². The fourth-order valence-corrected chi connectivity index (χ4v) is 3.46. The van der Waals surface area contributed by atoms with Crippen LogP contribution in [0, 0.1) is 12.8 Å². The van der Waals surface area contributed by atoms with Crippen LogP contribution in [0.1, 0.15) is 52.2 Å². The molecule has 0 saturated heterocycles. The van der Waals surface area contributed by atoms with Gasteiger partial charge in [0.15, 0.2) is 5.69 Å². The van der Waals surface area contributed by atoms with E-state index < -0.39 is 0 Å². The third-order valence-corrected chi connectivity index (χ3v) is 5.35. The molecule has 1 heterocycles. The molecule has 2 aliphatic carbocycles. The highest BCUT2D eigenvalue weighted by atomic mass is 16.5. The normalized spacial score (nSPS) is 19.5. The molecule has 0 radical (unpaired) electrons. The summed E-state index contributed by atoms with van der Waals surface area (Å²) in [6.07, 6.45) is 5.10. The molecule has 1 atom stereocenters. The molecule has 1 saturated carbocycles. The SMILES string of the molecule is Cc1ccccc1CNC1CCc2onc(C(=O)NCC3CC3)c2C1. The molecule has 1 fully saturated rings. The minimum absolute atomic E-state index is 0.0866. The van der Waals surface area contributed by atoms with E-state index in [2.05, 4.69) is 47.0 Å². The molecule has 1 aromatic carbocycles. The summed E-state index contributed by atoms with van der Waals surface area (Å²) in [5, 5.41) is 10.7. The number of rotatable bonds is 6. The summed E-state index contributed by atoms with van der Waals surface area (Å²) in [6.45, 7) is 3.74. The van der Waals surface area contributed by atoms with Crippen molar-refractivity contribution in [1.82, 2.24) is 15.8 Å². The maximum absolute atomic E-state index is 12.4. The lowest BCUT2D eigenvalue weighted by Crippen LogP contribution is -2.35. The summed E-state index contributed by atoms with van der Waals surface area (Å²) in [5.74, 6) is 1.46. The molecule has 2 aromatic rings.